The fourth-order valence-corrected chi connectivity index (χ4v) is 9.74. The quantitative estimate of drug-likeness (QED) is 0.0272. The number of rotatable bonds is 55. The Hall–Kier alpha value is -1.02. The maximum atomic E-state index is 12.8. The number of nitrogens with one attached hydrogen (secondary N) is 1. The van der Waals surface area contributed by atoms with Crippen LogP contribution in [0.3, 0.4) is 0 Å². The van der Waals surface area contributed by atoms with Crippen molar-refractivity contribution in [3.05, 3.63) is 24.3 Å². The van der Waals surface area contributed by atoms with Gasteiger partial charge in [0.1, 0.15) is 13.2 Å². The molecule has 0 aliphatic rings. The van der Waals surface area contributed by atoms with Gasteiger partial charge in [-0.3, -0.25) is 9.36 Å². The normalized spacial score (nSPS) is 14.0. The molecule has 0 fully saturated rings. The highest BCUT2D eigenvalue weighted by Gasteiger charge is 2.24. The van der Waals surface area contributed by atoms with E-state index in [0.29, 0.717) is 23.9 Å². The first-order valence-corrected chi connectivity index (χ1v) is 31.1. The lowest BCUT2D eigenvalue weighted by Crippen LogP contribution is -2.46. The molecule has 3 unspecified atom stereocenters. The number of aliphatic hydroxyl groups is 1. The van der Waals surface area contributed by atoms with Gasteiger partial charge in [0.25, 0.3) is 7.82 Å². The molecule has 0 heterocycles. The van der Waals surface area contributed by atoms with Gasteiger partial charge in [0, 0.05) is 6.42 Å². The molecule has 3 atom stereocenters. The Bertz CT molecular complexity index is 1160. The van der Waals surface area contributed by atoms with Gasteiger partial charge in [-0.1, -0.05) is 269 Å². The van der Waals surface area contributed by atoms with E-state index in [4.69, 9.17) is 9.05 Å². The summed E-state index contributed by atoms with van der Waals surface area (Å²) >= 11 is 0. The lowest BCUT2D eigenvalue weighted by Gasteiger charge is -2.30. The topological polar surface area (TPSA) is 108 Å². The van der Waals surface area contributed by atoms with Crippen molar-refractivity contribution in [3.63, 3.8) is 0 Å². The predicted octanol–water partition coefficient (Wildman–Crippen LogP) is 17.4. The summed E-state index contributed by atoms with van der Waals surface area (Å²) in [6.07, 6.45) is 64.6. The van der Waals surface area contributed by atoms with Crippen molar-refractivity contribution in [1.29, 1.82) is 0 Å². The molecule has 0 aromatic rings. The number of hydrogen-bond acceptors (Lipinski definition) is 6. The largest absolute Gasteiger partial charge is 0.756 e. The van der Waals surface area contributed by atoms with Crippen LogP contribution in [0.15, 0.2) is 24.3 Å². The third kappa shape index (κ3) is 52.8. The molecule has 0 rings (SSSR count). The zero-order valence-corrected chi connectivity index (χ0v) is 47.0. The van der Waals surface area contributed by atoms with Crippen LogP contribution in [0.25, 0.3) is 0 Å². The van der Waals surface area contributed by atoms with Crippen LogP contribution in [0.1, 0.15) is 296 Å². The first-order valence-electron chi connectivity index (χ1n) is 29.7. The van der Waals surface area contributed by atoms with Crippen LogP contribution >= 0.6 is 7.82 Å². The number of aliphatic hydroxyl groups excluding tert-OH is 1. The number of likely N-dealkylation sites (N-methyl/N-ethyl adjacent to an activating group) is 1. The molecule has 0 aromatic carbocycles. The summed E-state index contributed by atoms with van der Waals surface area (Å²) in [7, 11) is 1.31. The molecule has 0 aromatic heterocycles. The molecule has 0 radical (unpaired) electrons. The number of carbonyl (C=O) groups is 1. The van der Waals surface area contributed by atoms with Crippen LogP contribution in [-0.4, -0.2) is 68.5 Å². The van der Waals surface area contributed by atoms with Gasteiger partial charge in [0.15, 0.2) is 0 Å². The zero-order chi connectivity index (χ0) is 49.9. The van der Waals surface area contributed by atoms with Crippen molar-refractivity contribution in [2.45, 2.75) is 309 Å². The third-order valence-corrected chi connectivity index (χ3v) is 14.7. The molecule has 0 aliphatic carbocycles. The Morgan fingerprint density at radius 1 is 0.515 bits per heavy atom. The Morgan fingerprint density at radius 2 is 0.853 bits per heavy atom. The number of unbranched alkanes of at least 4 members (excludes halogenated alkanes) is 38. The van der Waals surface area contributed by atoms with Crippen LogP contribution in [0.4, 0.5) is 0 Å². The second kappa shape index (κ2) is 50.9. The predicted molar refractivity (Wildman–Crippen MR) is 293 cm³/mol. The van der Waals surface area contributed by atoms with E-state index < -0.39 is 20.0 Å². The first-order chi connectivity index (χ1) is 33.0. The van der Waals surface area contributed by atoms with Crippen molar-refractivity contribution in [2.24, 2.45) is 0 Å². The molecular weight excluding hydrogens is 864 g/mol. The van der Waals surface area contributed by atoms with Gasteiger partial charge in [0.05, 0.1) is 39.9 Å². The molecule has 0 aliphatic heterocycles. The summed E-state index contributed by atoms with van der Waals surface area (Å²) in [4.78, 5) is 25.2. The highest BCUT2D eigenvalue weighted by atomic mass is 31.2. The van der Waals surface area contributed by atoms with E-state index in [1.165, 1.54) is 212 Å². The molecule has 68 heavy (non-hydrogen) atoms. The molecule has 404 valence electrons. The summed E-state index contributed by atoms with van der Waals surface area (Å²) in [5.74, 6) is -0.166. The van der Waals surface area contributed by atoms with Crippen LogP contribution in [0.2, 0.25) is 0 Å². The van der Waals surface area contributed by atoms with E-state index in [0.717, 1.165) is 57.8 Å². The van der Waals surface area contributed by atoms with Gasteiger partial charge in [0.2, 0.25) is 5.91 Å². The summed E-state index contributed by atoms with van der Waals surface area (Å²) in [5.41, 5.74) is 0. The number of allylic oxidation sites excluding steroid dienone is 4. The number of amides is 1. The average Bonchev–Trinajstić information content (AvgIpc) is 3.30. The number of hydrogen-bond donors (Lipinski definition) is 2. The molecule has 0 bridgehead atoms. The number of nitrogens with zero attached hydrogens (tertiary/aromatic N) is 1. The van der Waals surface area contributed by atoms with E-state index in [-0.39, 0.29) is 19.1 Å². The van der Waals surface area contributed by atoms with Gasteiger partial charge >= 0.3 is 0 Å². The summed E-state index contributed by atoms with van der Waals surface area (Å²) in [6.45, 7) is 4.64. The summed E-state index contributed by atoms with van der Waals surface area (Å²) in [6, 6.07) is -0.793. The second-order valence-electron chi connectivity index (χ2n) is 21.7. The van der Waals surface area contributed by atoms with Gasteiger partial charge in [-0.05, 0) is 44.9 Å². The van der Waals surface area contributed by atoms with Gasteiger partial charge < -0.3 is 28.8 Å². The van der Waals surface area contributed by atoms with Crippen LogP contribution in [0, 0.1) is 0 Å². The number of quaternary nitrogens is 1. The van der Waals surface area contributed by atoms with Crippen LogP contribution < -0.4 is 10.2 Å². The molecule has 9 heteroatoms. The lowest BCUT2D eigenvalue weighted by atomic mass is 10.0. The van der Waals surface area contributed by atoms with Crippen LogP contribution in [0.5, 0.6) is 0 Å². The minimum absolute atomic E-state index is 0.0138. The third-order valence-electron chi connectivity index (χ3n) is 13.7. The molecule has 0 saturated heterocycles. The lowest BCUT2D eigenvalue weighted by molar-refractivity contribution is -0.870. The Morgan fingerprint density at radius 3 is 1.22 bits per heavy atom. The number of carbonyl (C=O) groups excluding carboxylic acids is 1. The Kier molecular flexibility index (Phi) is 50.1. The maximum Gasteiger partial charge on any atom is 0.268 e. The van der Waals surface area contributed by atoms with E-state index >= 15 is 0 Å². The van der Waals surface area contributed by atoms with E-state index in [2.05, 4.69) is 43.5 Å². The van der Waals surface area contributed by atoms with Crippen molar-refractivity contribution in [2.75, 3.05) is 40.9 Å². The van der Waals surface area contributed by atoms with Gasteiger partial charge in [-0.25, -0.2) is 0 Å². The molecular formula is C59H117N2O6P. The molecule has 8 nitrogen and oxygen atoms in total. The SMILES string of the molecule is CCCCCCC/C=C\C/C=C\CCCCCCCCCCCCCCCCCCCCCCCCCCCCCCCC(=O)NC(COP(=O)([O-])OCC[N+](C)(C)C)C(O)CCCCCCC. The van der Waals surface area contributed by atoms with Crippen LogP contribution in [-0.2, 0) is 18.4 Å². The van der Waals surface area contributed by atoms with Crippen molar-refractivity contribution in [3.8, 4) is 0 Å². The minimum atomic E-state index is -4.55. The van der Waals surface area contributed by atoms with Crippen molar-refractivity contribution < 1.29 is 32.9 Å². The van der Waals surface area contributed by atoms with E-state index in [1.54, 1.807) is 0 Å². The first kappa shape index (κ1) is 67.0. The average molecular weight is 982 g/mol. The number of phosphoric acid groups is 1. The zero-order valence-electron chi connectivity index (χ0n) is 46.1. The Balaban J connectivity index is 3.61. The molecule has 0 spiro atoms. The Labute approximate surface area is 424 Å². The summed E-state index contributed by atoms with van der Waals surface area (Å²) < 4.78 is 23.1. The molecule has 1 amide bonds. The number of phosphoric ester groups is 1. The maximum absolute atomic E-state index is 12.8. The fraction of sp³-hybridized carbons (Fsp3) is 0.915. The van der Waals surface area contributed by atoms with E-state index in [9.17, 15) is 19.4 Å². The fourth-order valence-electron chi connectivity index (χ4n) is 9.01. The highest BCUT2D eigenvalue weighted by Crippen LogP contribution is 2.38. The minimum Gasteiger partial charge on any atom is -0.756 e. The van der Waals surface area contributed by atoms with E-state index in [1.807, 2.05) is 21.1 Å². The van der Waals surface area contributed by atoms with Crippen molar-refractivity contribution in [1.82, 2.24) is 5.32 Å². The molecule has 0 saturated carbocycles. The summed E-state index contributed by atoms with van der Waals surface area (Å²) in [5, 5.41) is 13.7. The standard InChI is InChI=1S/C59H117N2O6P/c1-6-8-10-12-13-14-15-16-17-18-19-20-21-22-23-24-25-26-27-28-29-30-31-32-33-34-35-36-37-38-39-40-41-42-43-44-45-46-47-49-51-53-59(63)60-57(58(62)52-50-48-11-9-7-2)56-67-68(64,65)66-55-54-61(3,4)5/h15-16,18-19,57-58,62H,6-14,17,20-56H2,1-5H3,(H-,60,63,64,65)/b16-15-,19-18-. The highest BCUT2D eigenvalue weighted by molar-refractivity contribution is 7.45. The monoisotopic (exact) mass is 981 g/mol. The molecule has 2 N–H and O–H groups in total. The second-order valence-corrected chi connectivity index (χ2v) is 23.1. The smallest absolute Gasteiger partial charge is 0.268 e. The van der Waals surface area contributed by atoms with Crippen molar-refractivity contribution >= 4 is 13.7 Å². The van der Waals surface area contributed by atoms with Gasteiger partial charge in [-0.15, -0.1) is 0 Å². The van der Waals surface area contributed by atoms with Gasteiger partial charge in [-0.2, -0.15) is 0 Å².